The second-order valence-electron chi connectivity index (χ2n) is 5.87. The topological polar surface area (TPSA) is 32.3 Å². The monoisotopic (exact) mass is 277 g/mol. The molecule has 114 valence electrons. The zero-order valence-corrected chi connectivity index (χ0v) is 13.4. The third-order valence-corrected chi connectivity index (χ3v) is 4.53. The van der Waals surface area contributed by atoms with Crippen molar-refractivity contribution in [2.45, 2.75) is 59.3 Å². The molecule has 2 nitrogen and oxygen atoms in total. The molecule has 0 unspecified atom stereocenters. The van der Waals surface area contributed by atoms with Gasteiger partial charge in [-0.05, 0) is 43.4 Å². The average Bonchev–Trinajstić information content (AvgIpc) is 2.51. The Morgan fingerprint density at radius 3 is 2.15 bits per heavy atom. The number of unbranched alkanes of at least 4 members (excludes halogenated alkanes) is 2. The van der Waals surface area contributed by atoms with Crippen molar-refractivity contribution in [3.05, 3.63) is 29.8 Å². The molecule has 1 aromatic rings. The molecule has 0 aromatic heterocycles. The van der Waals surface area contributed by atoms with Gasteiger partial charge in [-0.1, -0.05) is 45.7 Å². The lowest BCUT2D eigenvalue weighted by Crippen LogP contribution is -2.32. The van der Waals surface area contributed by atoms with E-state index in [1.807, 2.05) is 0 Å². The predicted octanol–water partition coefficient (Wildman–Crippen LogP) is 4.63. The van der Waals surface area contributed by atoms with Crippen LogP contribution >= 0.6 is 0 Å². The molecular weight excluding hydrogens is 246 g/mol. The molecule has 0 saturated carbocycles. The summed E-state index contributed by atoms with van der Waals surface area (Å²) in [6, 6.07) is 8.76. The first kappa shape index (κ1) is 17.0. The quantitative estimate of drug-likeness (QED) is 0.611. The molecule has 0 aliphatic carbocycles. The Labute approximate surface area is 124 Å². The standard InChI is InChI=1S/C18H31NO/c1-4-7-8-9-16-10-12-17(13-11-16)19-14-18(5-2,6-3)15-20/h10-13,19-20H,4-9,14-15H2,1-3H3. The van der Waals surface area contributed by atoms with Crippen LogP contribution in [0.1, 0.15) is 58.4 Å². The molecule has 0 spiro atoms. The average molecular weight is 277 g/mol. The SMILES string of the molecule is CCCCCc1ccc(NCC(CC)(CC)CO)cc1. The summed E-state index contributed by atoms with van der Waals surface area (Å²) in [6.45, 7) is 7.63. The van der Waals surface area contributed by atoms with Crippen LogP contribution in [0.3, 0.4) is 0 Å². The maximum Gasteiger partial charge on any atom is 0.0504 e. The van der Waals surface area contributed by atoms with Crippen molar-refractivity contribution in [1.82, 2.24) is 0 Å². The summed E-state index contributed by atoms with van der Waals surface area (Å²) in [5, 5.41) is 13.1. The number of hydrogen-bond acceptors (Lipinski definition) is 2. The van der Waals surface area contributed by atoms with Crippen LogP contribution in [0.25, 0.3) is 0 Å². The van der Waals surface area contributed by atoms with Crippen molar-refractivity contribution in [3.8, 4) is 0 Å². The molecule has 0 radical (unpaired) electrons. The third-order valence-electron chi connectivity index (χ3n) is 4.53. The summed E-state index contributed by atoms with van der Waals surface area (Å²) >= 11 is 0. The number of aryl methyl sites for hydroxylation is 1. The summed E-state index contributed by atoms with van der Waals surface area (Å²) in [7, 11) is 0. The molecule has 0 saturated heterocycles. The maximum absolute atomic E-state index is 9.58. The van der Waals surface area contributed by atoms with Gasteiger partial charge in [0, 0.05) is 17.6 Å². The van der Waals surface area contributed by atoms with Crippen LogP contribution in [-0.2, 0) is 6.42 Å². The Kier molecular flexibility index (Phi) is 7.68. The lowest BCUT2D eigenvalue weighted by Gasteiger charge is -2.30. The predicted molar refractivity (Wildman–Crippen MR) is 88.3 cm³/mol. The van der Waals surface area contributed by atoms with Crippen LogP contribution in [0.4, 0.5) is 5.69 Å². The molecule has 1 aromatic carbocycles. The molecule has 0 amide bonds. The van der Waals surface area contributed by atoms with E-state index in [1.54, 1.807) is 0 Å². The second-order valence-corrected chi connectivity index (χ2v) is 5.87. The highest BCUT2D eigenvalue weighted by Gasteiger charge is 2.24. The molecule has 20 heavy (non-hydrogen) atoms. The number of aliphatic hydroxyl groups excluding tert-OH is 1. The van der Waals surface area contributed by atoms with Gasteiger partial charge in [-0.2, -0.15) is 0 Å². The van der Waals surface area contributed by atoms with Crippen LogP contribution in [0.2, 0.25) is 0 Å². The van der Waals surface area contributed by atoms with E-state index < -0.39 is 0 Å². The van der Waals surface area contributed by atoms with E-state index in [2.05, 4.69) is 50.4 Å². The van der Waals surface area contributed by atoms with Crippen LogP contribution in [0, 0.1) is 5.41 Å². The van der Waals surface area contributed by atoms with Gasteiger partial charge in [-0.15, -0.1) is 0 Å². The van der Waals surface area contributed by atoms with Gasteiger partial charge in [-0.25, -0.2) is 0 Å². The van der Waals surface area contributed by atoms with Gasteiger partial charge >= 0.3 is 0 Å². The van der Waals surface area contributed by atoms with Crippen molar-refractivity contribution in [2.24, 2.45) is 5.41 Å². The van der Waals surface area contributed by atoms with Crippen LogP contribution in [0.5, 0.6) is 0 Å². The maximum atomic E-state index is 9.58. The minimum absolute atomic E-state index is 0.0137. The summed E-state index contributed by atoms with van der Waals surface area (Å²) in [5.41, 5.74) is 2.59. The Morgan fingerprint density at radius 1 is 1.00 bits per heavy atom. The smallest absolute Gasteiger partial charge is 0.0504 e. The van der Waals surface area contributed by atoms with E-state index in [0.29, 0.717) is 0 Å². The Hall–Kier alpha value is -1.02. The molecule has 2 N–H and O–H groups in total. The molecular formula is C18H31NO. The number of anilines is 1. The first-order chi connectivity index (χ1) is 9.69. The van der Waals surface area contributed by atoms with E-state index in [4.69, 9.17) is 0 Å². The van der Waals surface area contributed by atoms with Crippen LogP contribution < -0.4 is 5.32 Å². The summed E-state index contributed by atoms with van der Waals surface area (Å²) in [5.74, 6) is 0. The highest BCUT2D eigenvalue weighted by Crippen LogP contribution is 2.26. The second kappa shape index (κ2) is 9.02. The summed E-state index contributed by atoms with van der Waals surface area (Å²) in [4.78, 5) is 0. The number of aliphatic hydroxyl groups is 1. The van der Waals surface area contributed by atoms with E-state index >= 15 is 0 Å². The van der Waals surface area contributed by atoms with Gasteiger partial charge in [0.2, 0.25) is 0 Å². The van der Waals surface area contributed by atoms with E-state index in [-0.39, 0.29) is 12.0 Å². The molecule has 1 rings (SSSR count). The highest BCUT2D eigenvalue weighted by molar-refractivity contribution is 5.44. The first-order valence-corrected chi connectivity index (χ1v) is 8.13. The largest absolute Gasteiger partial charge is 0.396 e. The van der Waals surface area contributed by atoms with Crippen LogP contribution in [-0.4, -0.2) is 18.3 Å². The fourth-order valence-corrected chi connectivity index (χ4v) is 2.44. The minimum atomic E-state index is 0.0137. The van der Waals surface area contributed by atoms with Crippen LogP contribution in [0.15, 0.2) is 24.3 Å². The van der Waals surface area contributed by atoms with Crippen molar-refractivity contribution in [2.75, 3.05) is 18.5 Å². The number of nitrogens with one attached hydrogen (secondary N) is 1. The number of benzene rings is 1. The third kappa shape index (κ3) is 5.16. The minimum Gasteiger partial charge on any atom is -0.396 e. The van der Waals surface area contributed by atoms with Crippen molar-refractivity contribution in [3.63, 3.8) is 0 Å². The van der Waals surface area contributed by atoms with Gasteiger partial charge in [0.1, 0.15) is 0 Å². The molecule has 0 aliphatic rings. The van der Waals surface area contributed by atoms with E-state index in [0.717, 1.165) is 25.1 Å². The van der Waals surface area contributed by atoms with Gasteiger partial charge < -0.3 is 10.4 Å². The number of rotatable bonds is 10. The van der Waals surface area contributed by atoms with Gasteiger partial charge in [0.25, 0.3) is 0 Å². The van der Waals surface area contributed by atoms with Crippen molar-refractivity contribution < 1.29 is 5.11 Å². The van der Waals surface area contributed by atoms with Crippen molar-refractivity contribution in [1.29, 1.82) is 0 Å². The lowest BCUT2D eigenvalue weighted by atomic mass is 9.83. The Morgan fingerprint density at radius 2 is 1.65 bits per heavy atom. The fourth-order valence-electron chi connectivity index (χ4n) is 2.44. The number of hydrogen-bond donors (Lipinski definition) is 2. The fraction of sp³-hybridized carbons (Fsp3) is 0.667. The highest BCUT2D eigenvalue weighted by atomic mass is 16.3. The molecule has 2 heteroatoms. The lowest BCUT2D eigenvalue weighted by molar-refractivity contribution is 0.127. The van der Waals surface area contributed by atoms with Gasteiger partial charge in [0.05, 0.1) is 6.61 Å². The molecule has 0 aliphatic heterocycles. The van der Waals surface area contributed by atoms with Crippen molar-refractivity contribution >= 4 is 5.69 Å². The van der Waals surface area contributed by atoms with E-state index in [9.17, 15) is 5.11 Å². The Bertz CT molecular complexity index is 346. The van der Waals surface area contributed by atoms with Gasteiger partial charge in [0.15, 0.2) is 0 Å². The normalized spacial score (nSPS) is 11.6. The molecule has 0 fully saturated rings. The molecule has 0 atom stereocenters. The van der Waals surface area contributed by atoms with E-state index in [1.165, 1.54) is 31.2 Å². The summed E-state index contributed by atoms with van der Waals surface area (Å²) < 4.78 is 0. The first-order valence-electron chi connectivity index (χ1n) is 8.13. The molecule has 0 bridgehead atoms. The summed E-state index contributed by atoms with van der Waals surface area (Å²) in [6.07, 6.45) is 7.05. The Balaban J connectivity index is 2.48. The molecule has 0 heterocycles. The van der Waals surface area contributed by atoms with Gasteiger partial charge in [-0.3, -0.25) is 0 Å². The zero-order valence-electron chi connectivity index (χ0n) is 13.4. The zero-order chi connectivity index (χ0) is 14.8.